The van der Waals surface area contributed by atoms with E-state index in [9.17, 15) is 0 Å². The van der Waals surface area contributed by atoms with E-state index in [1.54, 1.807) is 12.4 Å². The Morgan fingerprint density at radius 1 is 1.39 bits per heavy atom. The van der Waals surface area contributed by atoms with Gasteiger partial charge in [-0.25, -0.2) is 4.98 Å². The van der Waals surface area contributed by atoms with E-state index in [1.165, 1.54) is 0 Å². The molecule has 0 unspecified atom stereocenters. The van der Waals surface area contributed by atoms with E-state index in [0.29, 0.717) is 18.2 Å². The second-order valence-electron chi connectivity index (χ2n) is 4.49. The Labute approximate surface area is 106 Å². The van der Waals surface area contributed by atoms with Gasteiger partial charge in [-0.2, -0.15) is 0 Å². The van der Waals surface area contributed by atoms with Crippen LogP contribution in [0, 0.1) is 5.41 Å². The highest BCUT2D eigenvalue weighted by Crippen LogP contribution is 2.15. The molecule has 0 aliphatic heterocycles. The van der Waals surface area contributed by atoms with Crippen LogP contribution in [0.15, 0.2) is 30.7 Å². The topological polar surface area (TPSA) is 80.6 Å². The van der Waals surface area contributed by atoms with Crippen LogP contribution in [-0.4, -0.2) is 20.4 Å². The van der Waals surface area contributed by atoms with Gasteiger partial charge >= 0.3 is 0 Å². The number of imidazole rings is 1. The van der Waals surface area contributed by atoms with Gasteiger partial charge in [-0.15, -0.1) is 0 Å². The van der Waals surface area contributed by atoms with E-state index in [1.807, 2.05) is 18.3 Å². The molecule has 3 N–H and O–H groups in total. The number of nitrogen functional groups attached to an aromatic ring is 1. The van der Waals surface area contributed by atoms with E-state index in [0.717, 1.165) is 11.4 Å². The quantitative estimate of drug-likeness (QED) is 0.634. The number of hydrogen-bond donors (Lipinski definition) is 2. The summed E-state index contributed by atoms with van der Waals surface area (Å²) in [5.74, 6) is 1.38. The first kappa shape index (κ1) is 12.3. The van der Waals surface area contributed by atoms with Gasteiger partial charge < -0.3 is 10.3 Å². The number of nitrogens with zero attached hydrogens (tertiary/aromatic N) is 3. The normalized spacial score (nSPS) is 10.8. The Kier molecular flexibility index (Phi) is 3.41. The molecule has 0 atom stereocenters. The molecule has 0 aliphatic carbocycles. The molecule has 2 aromatic heterocycles. The van der Waals surface area contributed by atoms with Gasteiger partial charge in [0, 0.05) is 30.1 Å². The van der Waals surface area contributed by atoms with E-state index < -0.39 is 0 Å². The lowest BCUT2D eigenvalue weighted by Crippen LogP contribution is -2.17. The first-order chi connectivity index (χ1) is 8.59. The number of hydrogen-bond acceptors (Lipinski definition) is 3. The van der Waals surface area contributed by atoms with Gasteiger partial charge in [0.1, 0.15) is 17.4 Å². The summed E-state index contributed by atoms with van der Waals surface area (Å²) in [5, 5.41) is 7.53. The Balaban J connectivity index is 2.34. The molecule has 0 spiro atoms. The third-order valence-corrected chi connectivity index (χ3v) is 2.75. The fraction of sp³-hybridized carbons (Fsp3) is 0.308. The molecule has 18 heavy (non-hydrogen) atoms. The van der Waals surface area contributed by atoms with Crippen LogP contribution in [-0.2, 0) is 6.54 Å². The van der Waals surface area contributed by atoms with Gasteiger partial charge in [0.05, 0.1) is 6.54 Å². The molecule has 0 amide bonds. The molecule has 2 aromatic rings. The lowest BCUT2D eigenvalue weighted by atomic mass is 10.1. The van der Waals surface area contributed by atoms with Crippen molar-refractivity contribution in [2.24, 2.45) is 5.73 Å². The first-order valence-corrected chi connectivity index (χ1v) is 5.89. The summed E-state index contributed by atoms with van der Waals surface area (Å²) in [6.07, 6.45) is 5.38. The second kappa shape index (κ2) is 5.00. The first-order valence-electron chi connectivity index (χ1n) is 5.89. The summed E-state index contributed by atoms with van der Waals surface area (Å²) in [7, 11) is 0. The molecule has 0 aromatic carbocycles. The number of rotatable bonds is 4. The summed E-state index contributed by atoms with van der Waals surface area (Å²) in [4.78, 5) is 8.49. The van der Waals surface area contributed by atoms with Gasteiger partial charge in [-0.3, -0.25) is 10.4 Å². The second-order valence-corrected chi connectivity index (χ2v) is 4.49. The third kappa shape index (κ3) is 2.40. The molecule has 0 saturated carbocycles. The number of pyridine rings is 1. The van der Waals surface area contributed by atoms with Crippen LogP contribution in [0.5, 0.6) is 0 Å². The molecule has 5 nitrogen and oxygen atoms in total. The maximum absolute atomic E-state index is 7.53. The molecule has 0 fully saturated rings. The number of aromatic nitrogens is 3. The van der Waals surface area contributed by atoms with E-state index in [4.69, 9.17) is 11.1 Å². The maximum atomic E-state index is 7.53. The van der Waals surface area contributed by atoms with Gasteiger partial charge in [-0.1, -0.05) is 19.9 Å². The third-order valence-electron chi connectivity index (χ3n) is 2.75. The van der Waals surface area contributed by atoms with Crippen LogP contribution in [0.4, 0.5) is 0 Å². The zero-order chi connectivity index (χ0) is 13.1. The van der Waals surface area contributed by atoms with E-state index >= 15 is 0 Å². The van der Waals surface area contributed by atoms with Crippen molar-refractivity contribution in [3.8, 4) is 0 Å². The lowest BCUT2D eigenvalue weighted by molar-refractivity contribution is 0.668. The van der Waals surface area contributed by atoms with Crippen LogP contribution in [0.3, 0.4) is 0 Å². The number of nitrogens with one attached hydrogen (secondary N) is 1. The summed E-state index contributed by atoms with van der Waals surface area (Å²) >= 11 is 0. The molecule has 0 bridgehead atoms. The smallest absolute Gasteiger partial charge is 0.142 e. The van der Waals surface area contributed by atoms with E-state index in [2.05, 4.69) is 28.4 Å². The minimum absolute atomic E-state index is 0.00295. The standard InChI is InChI=1S/C13H17N5/c1-9(2)13-17-6-7-18(13)8-10-4-3-5-16-11(10)12(14)15/h3-7,9H,8H2,1-2H3,(H3,14,15). The van der Waals surface area contributed by atoms with Gasteiger partial charge in [-0.05, 0) is 6.07 Å². The van der Waals surface area contributed by atoms with Crippen LogP contribution >= 0.6 is 0 Å². The molecular formula is C13H17N5. The average molecular weight is 243 g/mol. The zero-order valence-electron chi connectivity index (χ0n) is 10.6. The molecule has 0 radical (unpaired) electrons. The number of nitrogens with two attached hydrogens (primary N) is 1. The van der Waals surface area contributed by atoms with Crippen molar-refractivity contribution in [2.45, 2.75) is 26.3 Å². The number of amidine groups is 1. The summed E-state index contributed by atoms with van der Waals surface area (Å²) in [6.45, 7) is 4.85. The Hall–Kier alpha value is -2.17. The highest BCUT2D eigenvalue weighted by Gasteiger charge is 2.11. The van der Waals surface area contributed by atoms with Crippen LogP contribution in [0.1, 0.15) is 36.8 Å². The van der Waals surface area contributed by atoms with Gasteiger partial charge in [0.25, 0.3) is 0 Å². The summed E-state index contributed by atoms with van der Waals surface area (Å²) in [6, 6.07) is 3.79. The monoisotopic (exact) mass is 243 g/mol. The SMILES string of the molecule is CC(C)c1nccn1Cc1cccnc1C(=N)N. The van der Waals surface area contributed by atoms with Crippen LogP contribution in [0.2, 0.25) is 0 Å². The molecule has 0 saturated heterocycles. The van der Waals surface area contributed by atoms with Crippen molar-refractivity contribution in [1.82, 2.24) is 14.5 Å². The van der Waals surface area contributed by atoms with Crippen molar-refractivity contribution >= 4 is 5.84 Å². The fourth-order valence-corrected chi connectivity index (χ4v) is 1.95. The Morgan fingerprint density at radius 3 is 2.83 bits per heavy atom. The Bertz CT molecular complexity index is 556. The van der Waals surface area contributed by atoms with Crippen molar-refractivity contribution in [1.29, 1.82) is 5.41 Å². The van der Waals surface area contributed by atoms with Crippen LogP contribution in [0.25, 0.3) is 0 Å². The van der Waals surface area contributed by atoms with E-state index in [-0.39, 0.29) is 5.84 Å². The molecule has 5 heteroatoms. The molecular weight excluding hydrogens is 226 g/mol. The zero-order valence-corrected chi connectivity index (χ0v) is 10.6. The van der Waals surface area contributed by atoms with Crippen molar-refractivity contribution in [3.63, 3.8) is 0 Å². The van der Waals surface area contributed by atoms with Crippen molar-refractivity contribution in [3.05, 3.63) is 47.8 Å². The minimum atomic E-state index is -0.00295. The molecule has 2 rings (SSSR count). The molecule has 0 aliphatic rings. The van der Waals surface area contributed by atoms with Crippen LogP contribution < -0.4 is 5.73 Å². The summed E-state index contributed by atoms with van der Waals surface area (Å²) in [5.41, 5.74) is 7.01. The van der Waals surface area contributed by atoms with Gasteiger partial charge in [0.15, 0.2) is 0 Å². The maximum Gasteiger partial charge on any atom is 0.142 e. The largest absolute Gasteiger partial charge is 0.382 e. The minimum Gasteiger partial charge on any atom is -0.382 e. The highest BCUT2D eigenvalue weighted by atomic mass is 15.1. The average Bonchev–Trinajstić information content (AvgIpc) is 2.77. The predicted octanol–water partition coefficient (Wildman–Crippen LogP) is 1.73. The van der Waals surface area contributed by atoms with Crippen molar-refractivity contribution < 1.29 is 0 Å². The Morgan fingerprint density at radius 2 is 2.17 bits per heavy atom. The highest BCUT2D eigenvalue weighted by molar-refractivity contribution is 5.94. The molecule has 2 heterocycles. The van der Waals surface area contributed by atoms with Crippen molar-refractivity contribution in [2.75, 3.05) is 0 Å². The summed E-state index contributed by atoms with van der Waals surface area (Å²) < 4.78 is 2.06. The lowest BCUT2D eigenvalue weighted by Gasteiger charge is -2.12. The molecule has 94 valence electrons. The predicted molar refractivity (Wildman–Crippen MR) is 70.7 cm³/mol. The fourth-order valence-electron chi connectivity index (χ4n) is 1.95. The van der Waals surface area contributed by atoms with Gasteiger partial charge in [0.2, 0.25) is 0 Å².